The van der Waals surface area contributed by atoms with E-state index in [1.54, 1.807) is 0 Å². The van der Waals surface area contributed by atoms with Gasteiger partial charge in [0.2, 0.25) is 0 Å². The zero-order chi connectivity index (χ0) is 15.5. The summed E-state index contributed by atoms with van der Waals surface area (Å²) in [5.74, 6) is 1.70. The van der Waals surface area contributed by atoms with Gasteiger partial charge >= 0.3 is 0 Å². The van der Waals surface area contributed by atoms with Crippen molar-refractivity contribution in [1.82, 2.24) is 19.7 Å². The van der Waals surface area contributed by atoms with Gasteiger partial charge in [0.15, 0.2) is 5.65 Å². The Morgan fingerprint density at radius 2 is 1.91 bits per heavy atom. The zero-order valence-electron chi connectivity index (χ0n) is 13.2. The summed E-state index contributed by atoms with van der Waals surface area (Å²) in [4.78, 5) is 9.31. The molecule has 0 fully saturated rings. The molecule has 0 spiro atoms. The van der Waals surface area contributed by atoms with Crippen molar-refractivity contribution in [2.75, 3.05) is 5.32 Å². The van der Waals surface area contributed by atoms with Crippen molar-refractivity contribution in [3.05, 3.63) is 42.4 Å². The van der Waals surface area contributed by atoms with Crippen molar-refractivity contribution in [1.29, 1.82) is 0 Å². The van der Waals surface area contributed by atoms with Crippen molar-refractivity contribution < 1.29 is 0 Å². The molecule has 0 aliphatic carbocycles. The standard InChI is InChI=1S/C17H21N5/c1-4-12(3)19-16-14-11-18-22(13-9-7-6-8-10-13)17(14)21-15(5-2)20-16/h6-12H,4-5H2,1-3H3,(H,19,20,21). The van der Waals surface area contributed by atoms with E-state index in [1.807, 2.05) is 41.2 Å². The first-order valence-corrected chi connectivity index (χ1v) is 7.79. The molecule has 1 atom stereocenters. The molecule has 1 unspecified atom stereocenters. The van der Waals surface area contributed by atoms with Crippen LogP contribution in [0.15, 0.2) is 36.5 Å². The summed E-state index contributed by atoms with van der Waals surface area (Å²) in [5, 5.41) is 8.94. The number of benzene rings is 1. The van der Waals surface area contributed by atoms with E-state index in [4.69, 9.17) is 0 Å². The number of fused-ring (bicyclic) bond motifs is 1. The van der Waals surface area contributed by atoms with Crippen LogP contribution in [-0.4, -0.2) is 25.8 Å². The van der Waals surface area contributed by atoms with E-state index in [1.165, 1.54) is 0 Å². The van der Waals surface area contributed by atoms with Crippen LogP contribution in [0.4, 0.5) is 5.82 Å². The Labute approximate surface area is 130 Å². The molecule has 22 heavy (non-hydrogen) atoms. The second-order valence-corrected chi connectivity index (χ2v) is 5.42. The van der Waals surface area contributed by atoms with Gasteiger partial charge in [0.05, 0.1) is 17.3 Å². The first-order valence-electron chi connectivity index (χ1n) is 7.79. The third-order valence-electron chi connectivity index (χ3n) is 3.79. The lowest BCUT2D eigenvalue weighted by molar-refractivity contribution is 0.757. The van der Waals surface area contributed by atoms with E-state index in [2.05, 4.69) is 41.2 Å². The fourth-order valence-electron chi connectivity index (χ4n) is 2.31. The largest absolute Gasteiger partial charge is 0.367 e. The lowest BCUT2D eigenvalue weighted by Crippen LogP contribution is -2.15. The second-order valence-electron chi connectivity index (χ2n) is 5.42. The quantitative estimate of drug-likeness (QED) is 0.781. The van der Waals surface area contributed by atoms with E-state index < -0.39 is 0 Å². The molecular weight excluding hydrogens is 274 g/mol. The summed E-state index contributed by atoms with van der Waals surface area (Å²) in [5.41, 5.74) is 1.86. The summed E-state index contributed by atoms with van der Waals surface area (Å²) >= 11 is 0. The average molecular weight is 295 g/mol. The average Bonchev–Trinajstić information content (AvgIpc) is 2.99. The molecule has 0 saturated carbocycles. The van der Waals surface area contributed by atoms with Crippen LogP contribution in [0.1, 0.15) is 33.0 Å². The highest BCUT2D eigenvalue weighted by atomic mass is 15.3. The maximum Gasteiger partial charge on any atom is 0.168 e. The van der Waals surface area contributed by atoms with E-state index in [0.29, 0.717) is 6.04 Å². The Kier molecular flexibility index (Phi) is 4.04. The molecule has 114 valence electrons. The highest BCUT2D eigenvalue weighted by Gasteiger charge is 2.14. The molecule has 5 heteroatoms. The summed E-state index contributed by atoms with van der Waals surface area (Å²) in [6.07, 6.45) is 3.68. The van der Waals surface area contributed by atoms with Gasteiger partial charge in [-0.3, -0.25) is 0 Å². The van der Waals surface area contributed by atoms with Gasteiger partial charge in [0.1, 0.15) is 11.6 Å². The minimum absolute atomic E-state index is 0.364. The lowest BCUT2D eigenvalue weighted by atomic mass is 10.2. The Morgan fingerprint density at radius 3 is 2.59 bits per heavy atom. The van der Waals surface area contributed by atoms with E-state index in [0.717, 1.165) is 41.2 Å². The number of anilines is 1. The highest BCUT2D eigenvalue weighted by Crippen LogP contribution is 2.23. The first-order chi connectivity index (χ1) is 10.7. The summed E-state index contributed by atoms with van der Waals surface area (Å²) < 4.78 is 1.87. The van der Waals surface area contributed by atoms with E-state index >= 15 is 0 Å². The van der Waals surface area contributed by atoms with Crippen LogP contribution in [0.3, 0.4) is 0 Å². The number of hydrogen-bond acceptors (Lipinski definition) is 4. The fraction of sp³-hybridized carbons (Fsp3) is 0.353. The minimum Gasteiger partial charge on any atom is -0.367 e. The molecule has 2 aromatic heterocycles. The number of nitrogens with zero attached hydrogens (tertiary/aromatic N) is 4. The number of rotatable bonds is 5. The van der Waals surface area contributed by atoms with Gasteiger partial charge in [-0.15, -0.1) is 0 Å². The molecule has 1 aromatic carbocycles. The minimum atomic E-state index is 0.364. The van der Waals surface area contributed by atoms with Crippen LogP contribution < -0.4 is 5.32 Å². The molecule has 3 rings (SSSR count). The van der Waals surface area contributed by atoms with Gasteiger partial charge in [-0.05, 0) is 25.5 Å². The fourth-order valence-corrected chi connectivity index (χ4v) is 2.31. The van der Waals surface area contributed by atoms with Crippen LogP contribution in [0.2, 0.25) is 0 Å². The Bertz CT molecular complexity index is 763. The van der Waals surface area contributed by atoms with Crippen LogP contribution in [0.5, 0.6) is 0 Å². The van der Waals surface area contributed by atoms with Gasteiger partial charge in [-0.25, -0.2) is 14.6 Å². The van der Waals surface area contributed by atoms with E-state index in [-0.39, 0.29) is 0 Å². The Hall–Kier alpha value is -2.43. The van der Waals surface area contributed by atoms with Crippen molar-refractivity contribution in [3.63, 3.8) is 0 Å². The summed E-state index contributed by atoms with van der Waals surface area (Å²) in [7, 11) is 0. The molecule has 0 saturated heterocycles. The molecule has 5 nitrogen and oxygen atoms in total. The molecule has 0 radical (unpaired) electrons. The van der Waals surface area contributed by atoms with Crippen LogP contribution in [0.25, 0.3) is 16.7 Å². The molecule has 0 aliphatic heterocycles. The molecule has 3 aromatic rings. The predicted molar refractivity (Wildman–Crippen MR) is 89.4 cm³/mol. The van der Waals surface area contributed by atoms with E-state index in [9.17, 15) is 0 Å². The first kappa shape index (κ1) is 14.5. The summed E-state index contributed by atoms with van der Waals surface area (Å²) in [6, 6.07) is 10.4. The monoisotopic (exact) mass is 295 g/mol. The van der Waals surface area contributed by atoms with Gasteiger partial charge in [0, 0.05) is 12.5 Å². The van der Waals surface area contributed by atoms with Gasteiger partial charge in [-0.1, -0.05) is 32.0 Å². The lowest BCUT2D eigenvalue weighted by Gasteiger charge is -2.13. The maximum absolute atomic E-state index is 4.67. The van der Waals surface area contributed by atoms with Crippen LogP contribution in [0, 0.1) is 0 Å². The number of aryl methyl sites for hydroxylation is 1. The third-order valence-corrected chi connectivity index (χ3v) is 3.79. The van der Waals surface area contributed by atoms with Gasteiger partial charge in [0.25, 0.3) is 0 Å². The molecule has 1 N–H and O–H groups in total. The second kappa shape index (κ2) is 6.13. The molecule has 0 bridgehead atoms. The van der Waals surface area contributed by atoms with Crippen molar-refractivity contribution in [2.24, 2.45) is 0 Å². The smallest absolute Gasteiger partial charge is 0.168 e. The molecule has 2 heterocycles. The van der Waals surface area contributed by atoms with Crippen molar-refractivity contribution in [3.8, 4) is 5.69 Å². The van der Waals surface area contributed by atoms with Crippen molar-refractivity contribution in [2.45, 2.75) is 39.7 Å². The highest BCUT2D eigenvalue weighted by molar-refractivity contribution is 5.87. The predicted octanol–water partition coefficient (Wildman–Crippen LogP) is 3.59. The van der Waals surface area contributed by atoms with Gasteiger partial charge in [-0.2, -0.15) is 5.10 Å². The Morgan fingerprint density at radius 1 is 1.14 bits per heavy atom. The van der Waals surface area contributed by atoms with Crippen LogP contribution in [-0.2, 0) is 6.42 Å². The normalized spacial score (nSPS) is 12.5. The summed E-state index contributed by atoms with van der Waals surface area (Å²) in [6.45, 7) is 6.38. The van der Waals surface area contributed by atoms with Crippen molar-refractivity contribution >= 4 is 16.9 Å². The number of nitrogens with one attached hydrogen (secondary N) is 1. The zero-order valence-corrected chi connectivity index (χ0v) is 13.2. The third kappa shape index (κ3) is 2.66. The number of para-hydroxylation sites is 1. The number of aromatic nitrogens is 4. The molecule has 0 amide bonds. The topological polar surface area (TPSA) is 55.6 Å². The number of hydrogen-bond donors (Lipinski definition) is 1. The SMILES string of the molecule is CCc1nc(NC(C)CC)c2cnn(-c3ccccc3)c2n1. The van der Waals surface area contributed by atoms with Crippen LogP contribution >= 0.6 is 0 Å². The van der Waals surface area contributed by atoms with Gasteiger partial charge < -0.3 is 5.32 Å². The maximum atomic E-state index is 4.67. The molecular formula is C17H21N5. The molecule has 0 aliphatic rings. The Balaban J connectivity index is 2.16.